The minimum absolute atomic E-state index is 0.0864. The number of rotatable bonds is 5. The SMILES string of the molecule is Cc1cc(-c2ccc(NS(=O)(=O)CCC(F)(F)F)c(F)c2)nc2cnc(N)nc12. The molecule has 0 fully saturated rings. The van der Waals surface area contributed by atoms with E-state index in [9.17, 15) is 26.0 Å². The summed E-state index contributed by atoms with van der Waals surface area (Å²) in [6.45, 7) is 1.76. The predicted molar refractivity (Wildman–Crippen MR) is 100.0 cm³/mol. The van der Waals surface area contributed by atoms with Gasteiger partial charge < -0.3 is 5.73 Å². The lowest BCUT2D eigenvalue weighted by Crippen LogP contribution is -2.22. The van der Waals surface area contributed by atoms with Crippen LogP contribution in [-0.2, 0) is 10.0 Å². The van der Waals surface area contributed by atoms with Crippen molar-refractivity contribution in [3.63, 3.8) is 0 Å². The molecule has 0 aliphatic heterocycles. The Morgan fingerprint density at radius 3 is 2.55 bits per heavy atom. The number of nitrogen functional groups attached to an aromatic ring is 1. The molecule has 0 aliphatic carbocycles. The van der Waals surface area contributed by atoms with Crippen molar-refractivity contribution in [1.29, 1.82) is 0 Å². The highest BCUT2D eigenvalue weighted by Gasteiger charge is 2.30. The first-order valence-corrected chi connectivity index (χ1v) is 9.86. The van der Waals surface area contributed by atoms with Gasteiger partial charge in [0.25, 0.3) is 0 Å². The van der Waals surface area contributed by atoms with Gasteiger partial charge in [0.05, 0.1) is 35.3 Å². The summed E-state index contributed by atoms with van der Waals surface area (Å²) in [5.74, 6) is -2.07. The van der Waals surface area contributed by atoms with E-state index in [0.29, 0.717) is 22.3 Å². The molecule has 3 aromatic rings. The van der Waals surface area contributed by atoms with Crippen molar-refractivity contribution in [3.05, 3.63) is 41.8 Å². The predicted octanol–water partition coefficient (Wildman–Crippen LogP) is 3.42. The molecule has 3 N–H and O–H groups in total. The lowest BCUT2D eigenvalue weighted by Gasteiger charge is -2.12. The molecule has 1 aromatic carbocycles. The van der Waals surface area contributed by atoms with Crippen molar-refractivity contribution in [2.45, 2.75) is 19.5 Å². The Morgan fingerprint density at radius 1 is 1.17 bits per heavy atom. The van der Waals surface area contributed by atoms with Crippen LogP contribution in [0.2, 0.25) is 0 Å². The van der Waals surface area contributed by atoms with Crippen molar-refractivity contribution in [3.8, 4) is 11.3 Å². The zero-order valence-corrected chi connectivity index (χ0v) is 15.8. The number of alkyl halides is 3. The van der Waals surface area contributed by atoms with Crippen molar-refractivity contribution in [1.82, 2.24) is 15.0 Å². The van der Waals surface area contributed by atoms with E-state index in [1.54, 1.807) is 13.0 Å². The van der Waals surface area contributed by atoms with Crippen LogP contribution >= 0.6 is 0 Å². The molecule has 0 saturated carbocycles. The number of benzene rings is 1. The van der Waals surface area contributed by atoms with Gasteiger partial charge in [-0.25, -0.2) is 27.8 Å². The molecule has 2 heterocycles. The minimum Gasteiger partial charge on any atom is -0.368 e. The van der Waals surface area contributed by atoms with Gasteiger partial charge in [-0.15, -0.1) is 0 Å². The number of aryl methyl sites for hydroxylation is 1. The zero-order chi connectivity index (χ0) is 21.4. The first-order valence-electron chi connectivity index (χ1n) is 8.20. The highest BCUT2D eigenvalue weighted by atomic mass is 32.2. The molecule has 0 saturated heterocycles. The quantitative estimate of drug-likeness (QED) is 0.602. The summed E-state index contributed by atoms with van der Waals surface area (Å²) in [6, 6.07) is 5.21. The number of hydrogen-bond donors (Lipinski definition) is 2. The standard InChI is InChI=1S/C17H15F4N5O2S/c1-9-6-13(24-14-8-23-16(22)25-15(9)14)10-2-3-12(11(18)7-10)26-29(27,28)5-4-17(19,20)21/h2-3,6-8,26H,4-5H2,1H3,(H2,22,23,25). The number of nitrogens with one attached hydrogen (secondary N) is 1. The van der Waals surface area contributed by atoms with Gasteiger partial charge in [-0.3, -0.25) is 4.72 Å². The molecule has 0 amide bonds. The molecular formula is C17H15F4N5O2S. The Bertz CT molecular complexity index is 1180. The van der Waals surface area contributed by atoms with E-state index >= 15 is 0 Å². The molecule has 0 bridgehead atoms. The van der Waals surface area contributed by atoms with E-state index in [0.717, 1.165) is 17.7 Å². The molecule has 154 valence electrons. The van der Waals surface area contributed by atoms with Gasteiger partial charge in [-0.1, -0.05) is 6.07 Å². The van der Waals surface area contributed by atoms with E-state index < -0.39 is 39.9 Å². The number of pyridine rings is 1. The molecule has 0 spiro atoms. The van der Waals surface area contributed by atoms with Crippen LogP contribution in [0.5, 0.6) is 0 Å². The van der Waals surface area contributed by atoms with Gasteiger partial charge in [0.2, 0.25) is 16.0 Å². The summed E-state index contributed by atoms with van der Waals surface area (Å²) in [6.07, 6.45) is -4.74. The molecule has 3 rings (SSSR count). The summed E-state index contributed by atoms with van der Waals surface area (Å²) < 4.78 is 76.4. The van der Waals surface area contributed by atoms with E-state index in [2.05, 4.69) is 15.0 Å². The Balaban J connectivity index is 1.88. The minimum atomic E-state index is -4.63. The molecule has 12 heteroatoms. The number of anilines is 2. The normalized spacial score (nSPS) is 12.3. The highest BCUT2D eigenvalue weighted by Crippen LogP contribution is 2.27. The average molecular weight is 429 g/mol. The number of nitrogens with zero attached hydrogens (tertiary/aromatic N) is 3. The third kappa shape index (κ3) is 5.08. The number of fused-ring (bicyclic) bond motifs is 1. The van der Waals surface area contributed by atoms with Gasteiger partial charge in [0.1, 0.15) is 11.3 Å². The third-order valence-corrected chi connectivity index (χ3v) is 5.21. The number of sulfonamides is 1. The summed E-state index contributed by atoms with van der Waals surface area (Å²) in [4.78, 5) is 12.3. The summed E-state index contributed by atoms with van der Waals surface area (Å²) in [5.41, 5.74) is 7.51. The van der Waals surface area contributed by atoms with Crippen LogP contribution in [0.15, 0.2) is 30.5 Å². The first kappa shape index (κ1) is 20.7. The molecule has 0 atom stereocenters. The Kier molecular flexibility index (Phi) is 5.30. The van der Waals surface area contributed by atoms with Crippen LogP contribution in [0.4, 0.5) is 29.2 Å². The second-order valence-corrected chi connectivity index (χ2v) is 8.11. The lowest BCUT2D eigenvalue weighted by atomic mass is 10.1. The van der Waals surface area contributed by atoms with Crippen LogP contribution in [0, 0.1) is 12.7 Å². The number of nitrogens with two attached hydrogens (primary N) is 1. The van der Waals surface area contributed by atoms with Gasteiger partial charge >= 0.3 is 6.18 Å². The van der Waals surface area contributed by atoms with Crippen LogP contribution in [0.25, 0.3) is 22.3 Å². The van der Waals surface area contributed by atoms with Gasteiger partial charge in [-0.2, -0.15) is 13.2 Å². The third-order valence-electron chi connectivity index (χ3n) is 3.94. The van der Waals surface area contributed by atoms with E-state index in [-0.39, 0.29) is 5.95 Å². The molecule has 7 nitrogen and oxygen atoms in total. The summed E-state index contributed by atoms with van der Waals surface area (Å²) in [7, 11) is -4.36. The Morgan fingerprint density at radius 2 is 1.90 bits per heavy atom. The Hall–Kier alpha value is -3.02. The first-order chi connectivity index (χ1) is 13.4. The largest absolute Gasteiger partial charge is 0.390 e. The molecule has 0 radical (unpaired) electrons. The van der Waals surface area contributed by atoms with E-state index in [4.69, 9.17) is 5.73 Å². The van der Waals surface area contributed by atoms with Gasteiger partial charge in [0, 0.05) is 5.56 Å². The fourth-order valence-corrected chi connectivity index (χ4v) is 3.67. The number of halogens is 4. The molecule has 29 heavy (non-hydrogen) atoms. The van der Waals surface area contributed by atoms with Gasteiger partial charge in [0.15, 0.2) is 0 Å². The van der Waals surface area contributed by atoms with Crippen LogP contribution in [0.3, 0.4) is 0 Å². The topological polar surface area (TPSA) is 111 Å². The summed E-state index contributed by atoms with van der Waals surface area (Å²) >= 11 is 0. The zero-order valence-electron chi connectivity index (χ0n) is 15.0. The highest BCUT2D eigenvalue weighted by molar-refractivity contribution is 7.92. The monoisotopic (exact) mass is 429 g/mol. The number of hydrogen-bond acceptors (Lipinski definition) is 6. The van der Waals surface area contributed by atoms with Crippen LogP contribution in [-0.4, -0.2) is 35.3 Å². The number of aromatic nitrogens is 3. The average Bonchev–Trinajstić information content (AvgIpc) is 2.62. The smallest absolute Gasteiger partial charge is 0.368 e. The van der Waals surface area contributed by atoms with Crippen molar-refractivity contribution in [2.24, 2.45) is 0 Å². The maximum Gasteiger partial charge on any atom is 0.390 e. The Labute approximate surface area is 163 Å². The summed E-state index contributed by atoms with van der Waals surface area (Å²) in [5, 5.41) is 0. The molecular weight excluding hydrogens is 414 g/mol. The van der Waals surface area contributed by atoms with Crippen molar-refractivity contribution >= 4 is 32.7 Å². The fourth-order valence-electron chi connectivity index (χ4n) is 2.57. The van der Waals surface area contributed by atoms with Crippen molar-refractivity contribution in [2.75, 3.05) is 16.2 Å². The second kappa shape index (κ2) is 7.43. The lowest BCUT2D eigenvalue weighted by molar-refractivity contribution is -0.129. The van der Waals surface area contributed by atoms with Crippen molar-refractivity contribution < 1.29 is 26.0 Å². The maximum atomic E-state index is 14.4. The molecule has 0 unspecified atom stereocenters. The molecule has 0 aliphatic rings. The van der Waals surface area contributed by atoms with Gasteiger partial charge in [-0.05, 0) is 30.7 Å². The maximum absolute atomic E-state index is 14.4. The van der Waals surface area contributed by atoms with Crippen LogP contribution in [0.1, 0.15) is 12.0 Å². The van der Waals surface area contributed by atoms with E-state index in [1.165, 1.54) is 12.3 Å². The second-order valence-electron chi connectivity index (χ2n) is 6.27. The molecule has 2 aromatic heterocycles. The van der Waals surface area contributed by atoms with E-state index in [1.807, 2.05) is 4.72 Å². The fraction of sp³-hybridized carbons (Fsp3) is 0.235. The van der Waals surface area contributed by atoms with Crippen LogP contribution < -0.4 is 10.5 Å².